The van der Waals surface area contributed by atoms with E-state index in [0.717, 1.165) is 23.4 Å². The van der Waals surface area contributed by atoms with Crippen molar-refractivity contribution in [2.45, 2.75) is 23.6 Å². The van der Waals surface area contributed by atoms with E-state index in [1.165, 1.54) is 46.0 Å². The minimum atomic E-state index is -4.82. The molecule has 5 nitrogen and oxygen atoms in total. The third-order valence-electron chi connectivity index (χ3n) is 5.29. The average Bonchev–Trinajstić information content (AvgIpc) is 3.27. The highest BCUT2D eigenvalue weighted by molar-refractivity contribution is 7.98. The molecular formula is C25H19F5N4OS. The van der Waals surface area contributed by atoms with Gasteiger partial charge in [-0.3, -0.25) is 14.3 Å². The Kier molecular flexibility index (Phi) is 7.39. The number of alkyl halides is 3. The quantitative estimate of drug-likeness (QED) is 0.218. The summed E-state index contributed by atoms with van der Waals surface area (Å²) in [6.45, 7) is 0.286. The van der Waals surface area contributed by atoms with Crippen molar-refractivity contribution in [2.75, 3.05) is 7.05 Å². The van der Waals surface area contributed by atoms with Crippen molar-refractivity contribution in [2.24, 2.45) is 0 Å². The first kappa shape index (κ1) is 25.4. The van der Waals surface area contributed by atoms with Crippen LogP contribution < -0.4 is 0 Å². The summed E-state index contributed by atoms with van der Waals surface area (Å²) in [5, 5.41) is 0.235. The summed E-state index contributed by atoms with van der Waals surface area (Å²) in [6.07, 6.45) is -0.272. The average molecular weight is 519 g/mol. The summed E-state index contributed by atoms with van der Waals surface area (Å²) in [7, 11) is 1.61. The Morgan fingerprint density at radius 2 is 1.72 bits per heavy atom. The summed E-state index contributed by atoms with van der Waals surface area (Å²) in [5.41, 5.74) is -0.0858. The van der Waals surface area contributed by atoms with Crippen molar-refractivity contribution in [3.63, 3.8) is 0 Å². The van der Waals surface area contributed by atoms with Crippen LogP contribution in [0.5, 0.6) is 0 Å². The van der Waals surface area contributed by atoms with Gasteiger partial charge in [0.25, 0.3) is 5.91 Å². The van der Waals surface area contributed by atoms with Gasteiger partial charge in [-0.15, -0.1) is 0 Å². The van der Waals surface area contributed by atoms with Crippen molar-refractivity contribution >= 4 is 17.7 Å². The number of nitrogens with zero attached hydrogens (tertiary/aromatic N) is 4. The van der Waals surface area contributed by atoms with Crippen LogP contribution in [-0.4, -0.2) is 32.4 Å². The van der Waals surface area contributed by atoms with Gasteiger partial charge in [0.2, 0.25) is 0 Å². The highest BCUT2D eigenvalue weighted by atomic mass is 32.2. The minimum absolute atomic E-state index is 0.158. The van der Waals surface area contributed by atoms with Crippen molar-refractivity contribution in [1.82, 2.24) is 19.4 Å². The number of carbonyl (C=O) groups is 1. The van der Waals surface area contributed by atoms with E-state index in [2.05, 4.69) is 9.97 Å². The molecule has 0 spiro atoms. The summed E-state index contributed by atoms with van der Waals surface area (Å²) in [6, 6.07) is 11.9. The van der Waals surface area contributed by atoms with Crippen LogP contribution in [0.3, 0.4) is 0 Å². The topological polar surface area (TPSA) is 51.0 Å². The fourth-order valence-corrected chi connectivity index (χ4v) is 4.48. The summed E-state index contributed by atoms with van der Waals surface area (Å²) in [5.74, 6) is -2.40. The van der Waals surface area contributed by atoms with E-state index in [9.17, 15) is 26.7 Å². The number of aromatic nitrogens is 3. The van der Waals surface area contributed by atoms with Crippen LogP contribution in [0.25, 0.3) is 5.69 Å². The van der Waals surface area contributed by atoms with E-state index in [0.29, 0.717) is 11.8 Å². The fraction of sp³-hybridized carbons (Fsp3) is 0.160. The molecule has 0 fully saturated rings. The van der Waals surface area contributed by atoms with Crippen LogP contribution in [0.2, 0.25) is 0 Å². The Balaban J connectivity index is 1.65. The molecule has 0 unspecified atom stereocenters. The van der Waals surface area contributed by atoms with Gasteiger partial charge in [-0.05, 0) is 53.6 Å². The molecule has 186 valence electrons. The molecule has 0 saturated carbocycles. The zero-order valence-electron chi connectivity index (χ0n) is 18.8. The fourth-order valence-electron chi connectivity index (χ4n) is 3.51. The normalized spacial score (nSPS) is 11.5. The van der Waals surface area contributed by atoms with E-state index in [1.54, 1.807) is 31.6 Å². The maximum Gasteiger partial charge on any atom is 0.419 e. The number of hydrogen-bond donors (Lipinski definition) is 0. The van der Waals surface area contributed by atoms with Gasteiger partial charge >= 0.3 is 6.18 Å². The summed E-state index contributed by atoms with van der Waals surface area (Å²) in [4.78, 5) is 23.0. The number of benzene rings is 2. The Hall–Kier alpha value is -3.73. The molecule has 11 heteroatoms. The Morgan fingerprint density at radius 1 is 1.03 bits per heavy atom. The molecular weight excluding hydrogens is 499 g/mol. The minimum Gasteiger partial charge on any atom is -0.336 e. The smallest absolute Gasteiger partial charge is 0.336 e. The van der Waals surface area contributed by atoms with Crippen molar-refractivity contribution in [3.05, 3.63) is 107 Å². The molecule has 2 aromatic carbocycles. The van der Waals surface area contributed by atoms with E-state index < -0.39 is 23.4 Å². The molecule has 36 heavy (non-hydrogen) atoms. The maximum atomic E-state index is 14.5. The number of imidazole rings is 1. The van der Waals surface area contributed by atoms with E-state index in [1.807, 2.05) is 0 Å². The van der Waals surface area contributed by atoms with E-state index >= 15 is 0 Å². The van der Waals surface area contributed by atoms with Crippen molar-refractivity contribution in [3.8, 4) is 5.69 Å². The first-order valence-corrected chi connectivity index (χ1v) is 11.6. The third-order valence-corrected chi connectivity index (χ3v) is 6.29. The van der Waals surface area contributed by atoms with Gasteiger partial charge in [-0.25, -0.2) is 13.8 Å². The van der Waals surface area contributed by atoms with Crippen molar-refractivity contribution < 1.29 is 26.7 Å². The Morgan fingerprint density at radius 3 is 2.39 bits per heavy atom. The van der Waals surface area contributed by atoms with E-state index in [-0.39, 0.29) is 34.6 Å². The molecule has 4 aromatic rings. The van der Waals surface area contributed by atoms with Crippen LogP contribution in [0.4, 0.5) is 22.0 Å². The second-order valence-corrected chi connectivity index (χ2v) is 8.76. The maximum absolute atomic E-state index is 14.5. The zero-order valence-corrected chi connectivity index (χ0v) is 19.7. The molecule has 0 aliphatic rings. The Labute approximate surface area is 207 Å². The van der Waals surface area contributed by atoms with Crippen molar-refractivity contribution in [1.29, 1.82) is 0 Å². The molecule has 2 heterocycles. The van der Waals surface area contributed by atoms with Gasteiger partial charge in [-0.2, -0.15) is 13.2 Å². The van der Waals surface area contributed by atoms with Gasteiger partial charge in [0.05, 0.1) is 11.8 Å². The molecule has 0 N–H and O–H groups in total. The molecule has 0 saturated heterocycles. The largest absolute Gasteiger partial charge is 0.419 e. The molecule has 1 amide bonds. The molecule has 0 aliphatic carbocycles. The van der Waals surface area contributed by atoms with Gasteiger partial charge in [0, 0.05) is 37.4 Å². The number of thioether (sulfide) groups is 1. The molecule has 4 rings (SSSR count). The first-order chi connectivity index (χ1) is 17.1. The highest BCUT2D eigenvalue weighted by Crippen LogP contribution is 2.34. The Bertz CT molecular complexity index is 1360. The van der Waals surface area contributed by atoms with Gasteiger partial charge in [-0.1, -0.05) is 23.9 Å². The van der Waals surface area contributed by atoms with Crippen LogP contribution in [0, 0.1) is 11.6 Å². The van der Waals surface area contributed by atoms with Crippen LogP contribution >= 0.6 is 11.8 Å². The number of amides is 1. The molecule has 2 aromatic heterocycles. The SMILES string of the molecule is CN(Cc1ccncc1)C(=O)c1cnc(SCc2cccc(C(F)(F)F)c2F)n1-c1ccc(F)cc1. The van der Waals surface area contributed by atoms with Crippen LogP contribution in [-0.2, 0) is 18.5 Å². The summed E-state index contributed by atoms with van der Waals surface area (Å²) >= 11 is 0.958. The number of halogens is 5. The van der Waals surface area contributed by atoms with Gasteiger partial charge < -0.3 is 4.90 Å². The van der Waals surface area contributed by atoms with Crippen LogP contribution in [0.15, 0.2) is 78.3 Å². The molecule has 0 atom stereocenters. The number of rotatable bonds is 7. The molecule has 0 aliphatic heterocycles. The third kappa shape index (κ3) is 5.56. The zero-order chi connectivity index (χ0) is 25.9. The lowest BCUT2D eigenvalue weighted by atomic mass is 10.1. The monoisotopic (exact) mass is 518 g/mol. The lowest BCUT2D eigenvalue weighted by Crippen LogP contribution is -2.28. The van der Waals surface area contributed by atoms with Gasteiger partial charge in [0.1, 0.15) is 17.3 Å². The number of carbonyl (C=O) groups excluding carboxylic acids is 1. The van der Waals surface area contributed by atoms with Gasteiger partial charge in [0.15, 0.2) is 5.16 Å². The second-order valence-electron chi connectivity index (χ2n) is 7.82. The lowest BCUT2D eigenvalue weighted by molar-refractivity contribution is -0.140. The lowest BCUT2D eigenvalue weighted by Gasteiger charge is -2.19. The summed E-state index contributed by atoms with van der Waals surface area (Å²) < 4.78 is 68.8. The second kappa shape index (κ2) is 10.5. The predicted molar refractivity (Wildman–Crippen MR) is 125 cm³/mol. The van der Waals surface area contributed by atoms with Crippen LogP contribution in [0.1, 0.15) is 27.2 Å². The first-order valence-electron chi connectivity index (χ1n) is 10.6. The predicted octanol–water partition coefficient (Wildman–Crippen LogP) is 6.13. The number of hydrogen-bond acceptors (Lipinski definition) is 4. The highest BCUT2D eigenvalue weighted by Gasteiger charge is 2.34. The van der Waals surface area contributed by atoms with E-state index in [4.69, 9.17) is 0 Å². The molecule has 0 radical (unpaired) electrons. The number of pyridine rings is 1. The standard InChI is InChI=1S/C25H19F5N4OS/c1-33(14-16-9-11-31-12-10-16)23(35)21-13-32-24(34(21)19-7-5-18(26)6-8-19)36-15-17-3-2-4-20(22(17)27)25(28,29)30/h2-13H,14-15H2,1H3. The molecule has 0 bridgehead atoms.